The van der Waals surface area contributed by atoms with Crippen LogP contribution in [0.4, 0.5) is 0 Å². The molecule has 0 N–H and O–H groups in total. The lowest BCUT2D eigenvalue weighted by Crippen LogP contribution is -2.23. The molecule has 0 heteroatoms. The van der Waals surface area contributed by atoms with Crippen LogP contribution < -0.4 is 0 Å². The molecule has 0 saturated heterocycles. The second kappa shape index (κ2) is 20.5. The van der Waals surface area contributed by atoms with Gasteiger partial charge < -0.3 is 0 Å². The molecule has 6 aliphatic carbocycles. The summed E-state index contributed by atoms with van der Waals surface area (Å²) in [5.74, 6) is 11.6. The first-order valence-electron chi connectivity index (χ1n) is 25.4. The van der Waals surface area contributed by atoms with E-state index in [1.54, 1.807) is 64.2 Å². The Morgan fingerprint density at radius 1 is 0.468 bits per heavy atom. The van der Waals surface area contributed by atoms with Crippen molar-refractivity contribution < 1.29 is 0 Å². The Labute approximate surface area is 380 Å². The first-order valence-corrected chi connectivity index (χ1v) is 25.4. The van der Waals surface area contributed by atoms with E-state index in [0.717, 1.165) is 17.8 Å². The summed E-state index contributed by atoms with van der Waals surface area (Å²) in [4.78, 5) is 0. The molecule has 11 rings (SSSR count). The summed E-state index contributed by atoms with van der Waals surface area (Å²) in [5.41, 5.74) is 8.57. The monoisotopic (exact) mass is 829 g/mol. The SMILES string of the molecule is CC1CC2CC1C1CCCC21.CCC(C)(C)c1ccc(C)cc1.CCC1CC2CC1C1CCCC21.Cc1ccc(C(C)(C)c2ccccc2)cc1.Cc1cccc2ccccc12. The third-order valence-corrected chi connectivity index (χ3v) is 17.8. The highest BCUT2D eigenvalue weighted by Gasteiger charge is 2.53. The molecule has 0 amide bonds. The minimum Gasteiger partial charge on any atom is -0.0651 e. The Morgan fingerprint density at radius 3 is 1.56 bits per heavy atom. The lowest BCUT2D eigenvalue weighted by atomic mass is 9.75. The van der Waals surface area contributed by atoms with Crippen LogP contribution in [0.5, 0.6) is 0 Å². The average Bonchev–Trinajstić information content (AvgIpc) is 4.15. The van der Waals surface area contributed by atoms with E-state index in [1.807, 2.05) is 0 Å². The van der Waals surface area contributed by atoms with Gasteiger partial charge in [-0.1, -0.05) is 200 Å². The standard InChI is InChI=1S/C16H18.C12H20.C12H18.C11H18.C11H10/c1-13-9-11-15(12-10-13)16(2,3)14-7-5-4-6-8-14;1-2-8-6-9-7-12(8)11-5-3-4-10(9)11;1-5-12(3,4)11-8-6-10(2)7-9-11;1-7-5-8-6-11(7)10-4-2-3-9(8)10;1-9-5-4-7-10-6-2-3-8-11(9)10/h4-12H,1-3H3;8-12H,2-7H2,1H3;6-9H,5H2,1-4H3;7-11H,2-6H2,1H3;2-8H,1H3. The van der Waals surface area contributed by atoms with Gasteiger partial charge in [-0.25, -0.2) is 0 Å². The molecule has 0 heterocycles. The quantitative estimate of drug-likeness (QED) is 0.166. The van der Waals surface area contributed by atoms with Crippen LogP contribution in [0, 0.1) is 80.0 Å². The average molecular weight is 829 g/mol. The molecular weight excluding hydrogens is 745 g/mol. The fourth-order valence-corrected chi connectivity index (χ4v) is 13.7. The summed E-state index contributed by atoms with van der Waals surface area (Å²) < 4.78 is 0. The lowest BCUT2D eigenvalue weighted by molar-refractivity contribution is 0.185. The number of hydrogen-bond donors (Lipinski definition) is 0. The molecular formula is C62H84. The zero-order valence-electron chi connectivity index (χ0n) is 40.8. The van der Waals surface area contributed by atoms with Crippen molar-refractivity contribution in [2.45, 2.75) is 157 Å². The second-order valence-electron chi connectivity index (χ2n) is 22.2. The van der Waals surface area contributed by atoms with Gasteiger partial charge in [0.05, 0.1) is 0 Å². The van der Waals surface area contributed by atoms with Crippen molar-refractivity contribution in [1.82, 2.24) is 0 Å². The fourth-order valence-electron chi connectivity index (χ4n) is 13.7. The van der Waals surface area contributed by atoms with Gasteiger partial charge in [-0.15, -0.1) is 0 Å². The van der Waals surface area contributed by atoms with Crippen LogP contribution in [0.1, 0.15) is 159 Å². The van der Waals surface area contributed by atoms with Crippen molar-refractivity contribution in [3.63, 3.8) is 0 Å². The van der Waals surface area contributed by atoms with E-state index in [-0.39, 0.29) is 5.41 Å². The predicted octanol–water partition coefficient (Wildman–Crippen LogP) is 17.7. The maximum Gasteiger partial charge on any atom is 0.0146 e. The summed E-state index contributed by atoms with van der Waals surface area (Å²) in [5, 5.41) is 2.68. The number of aryl methyl sites for hydroxylation is 3. The van der Waals surface area contributed by atoms with Gasteiger partial charge in [-0.05, 0) is 176 Å². The Balaban J connectivity index is 0.000000117. The smallest absolute Gasteiger partial charge is 0.0146 e. The number of rotatable bonds is 5. The van der Waals surface area contributed by atoms with Gasteiger partial charge in [0, 0.05) is 5.41 Å². The highest BCUT2D eigenvalue weighted by molar-refractivity contribution is 5.85. The second-order valence-corrected chi connectivity index (χ2v) is 22.2. The zero-order chi connectivity index (χ0) is 44.0. The highest BCUT2D eigenvalue weighted by atomic mass is 14.6. The summed E-state index contributed by atoms with van der Waals surface area (Å²) in [6, 6.07) is 43.1. The molecule has 6 saturated carbocycles. The minimum atomic E-state index is 0.0783. The molecule has 0 spiro atoms. The Kier molecular flexibility index (Phi) is 15.3. The Morgan fingerprint density at radius 2 is 0.968 bits per heavy atom. The van der Waals surface area contributed by atoms with Crippen LogP contribution in [0.25, 0.3) is 10.8 Å². The van der Waals surface area contributed by atoms with Gasteiger partial charge in [0.25, 0.3) is 0 Å². The predicted molar refractivity (Wildman–Crippen MR) is 270 cm³/mol. The van der Waals surface area contributed by atoms with E-state index in [2.05, 4.69) is 191 Å². The minimum absolute atomic E-state index is 0.0783. The number of fused-ring (bicyclic) bond motifs is 11. The van der Waals surface area contributed by atoms with E-state index in [0.29, 0.717) is 5.41 Å². The molecule has 6 aliphatic rings. The van der Waals surface area contributed by atoms with E-state index in [1.165, 1.54) is 98.4 Å². The van der Waals surface area contributed by atoms with Crippen LogP contribution in [0.15, 0.2) is 121 Å². The molecule has 0 aliphatic heterocycles. The molecule has 10 unspecified atom stereocenters. The van der Waals surface area contributed by atoms with Crippen LogP contribution >= 0.6 is 0 Å². The van der Waals surface area contributed by atoms with Crippen LogP contribution in [0.3, 0.4) is 0 Å². The molecule has 4 bridgehead atoms. The van der Waals surface area contributed by atoms with E-state index < -0.39 is 0 Å². The Hall–Kier alpha value is -3.64. The normalized spacial score (nSPS) is 28.6. The first-order chi connectivity index (χ1) is 29.8. The number of benzene rings is 5. The van der Waals surface area contributed by atoms with Crippen molar-refractivity contribution in [2.75, 3.05) is 0 Å². The topological polar surface area (TPSA) is 0 Å². The third-order valence-electron chi connectivity index (χ3n) is 17.8. The molecule has 10 atom stereocenters. The van der Waals surface area contributed by atoms with Gasteiger partial charge in [-0.3, -0.25) is 0 Å². The van der Waals surface area contributed by atoms with Gasteiger partial charge in [-0.2, -0.15) is 0 Å². The largest absolute Gasteiger partial charge is 0.0651 e. The van der Waals surface area contributed by atoms with E-state index in [4.69, 9.17) is 0 Å². The van der Waals surface area contributed by atoms with Crippen LogP contribution in [-0.2, 0) is 10.8 Å². The van der Waals surface area contributed by atoms with Gasteiger partial charge >= 0.3 is 0 Å². The summed E-state index contributed by atoms with van der Waals surface area (Å²) in [6.45, 7) is 22.6. The maximum absolute atomic E-state index is 2.49. The molecule has 0 aromatic heterocycles. The first kappa shape index (κ1) is 46.4. The van der Waals surface area contributed by atoms with Gasteiger partial charge in [0.1, 0.15) is 0 Å². The maximum atomic E-state index is 2.49. The van der Waals surface area contributed by atoms with E-state index in [9.17, 15) is 0 Å². The van der Waals surface area contributed by atoms with Gasteiger partial charge in [0.15, 0.2) is 0 Å². The molecule has 5 aromatic rings. The highest BCUT2D eigenvalue weighted by Crippen LogP contribution is 2.62. The van der Waals surface area contributed by atoms with E-state index >= 15 is 0 Å². The summed E-state index contributed by atoms with van der Waals surface area (Å²) in [6.07, 6.45) is 18.5. The van der Waals surface area contributed by atoms with Crippen LogP contribution in [0.2, 0.25) is 0 Å². The zero-order valence-corrected chi connectivity index (χ0v) is 40.8. The molecule has 0 radical (unpaired) electrons. The molecule has 332 valence electrons. The number of hydrogen-bond acceptors (Lipinski definition) is 0. The molecule has 6 fully saturated rings. The Bertz CT molecular complexity index is 2110. The van der Waals surface area contributed by atoms with Crippen molar-refractivity contribution in [3.8, 4) is 0 Å². The summed E-state index contributed by atoms with van der Waals surface area (Å²) in [7, 11) is 0. The molecule has 0 nitrogen and oxygen atoms in total. The summed E-state index contributed by atoms with van der Waals surface area (Å²) >= 11 is 0. The van der Waals surface area contributed by atoms with Crippen molar-refractivity contribution >= 4 is 10.8 Å². The third kappa shape index (κ3) is 10.5. The van der Waals surface area contributed by atoms with Crippen molar-refractivity contribution in [3.05, 3.63) is 155 Å². The van der Waals surface area contributed by atoms with Crippen molar-refractivity contribution in [1.29, 1.82) is 0 Å². The molecule has 62 heavy (non-hydrogen) atoms. The fraction of sp³-hybridized carbons (Fsp3) is 0.548. The lowest BCUT2D eigenvalue weighted by Gasteiger charge is -2.30. The van der Waals surface area contributed by atoms with Gasteiger partial charge in [0.2, 0.25) is 0 Å². The molecule has 5 aromatic carbocycles. The van der Waals surface area contributed by atoms with Crippen LogP contribution in [-0.4, -0.2) is 0 Å². The van der Waals surface area contributed by atoms with Crippen molar-refractivity contribution in [2.24, 2.45) is 59.2 Å².